The van der Waals surface area contributed by atoms with Gasteiger partial charge in [0.25, 0.3) is 0 Å². The number of carbonyl (C=O) groups excluding carboxylic acids is 2. The van der Waals surface area contributed by atoms with E-state index in [0.717, 1.165) is 31.3 Å². The Morgan fingerprint density at radius 3 is 2.20 bits per heavy atom. The van der Waals surface area contributed by atoms with Crippen molar-refractivity contribution in [2.24, 2.45) is 39.9 Å². The summed E-state index contributed by atoms with van der Waals surface area (Å²) < 4.78 is 11.6. The van der Waals surface area contributed by atoms with E-state index < -0.39 is 24.1 Å². The van der Waals surface area contributed by atoms with Crippen LogP contribution < -0.4 is 0 Å². The second-order valence-corrected chi connectivity index (χ2v) is 14.2. The van der Waals surface area contributed by atoms with Crippen LogP contribution in [0.15, 0.2) is 22.8 Å². The Morgan fingerprint density at radius 1 is 0.975 bits per heavy atom. The number of allylic oxidation sites excluding steroid dienone is 2. The van der Waals surface area contributed by atoms with E-state index in [9.17, 15) is 24.6 Å². The predicted octanol–water partition coefficient (Wildman–Crippen LogP) is 6.24. The summed E-state index contributed by atoms with van der Waals surface area (Å²) in [6.07, 6.45) is 6.24. The van der Waals surface area contributed by atoms with E-state index in [1.165, 1.54) is 13.8 Å². The molecular formula is C33H50O7. The van der Waals surface area contributed by atoms with Gasteiger partial charge in [-0.2, -0.15) is 0 Å². The molecule has 0 spiro atoms. The molecule has 0 amide bonds. The first-order valence-corrected chi connectivity index (χ1v) is 15.2. The third-order valence-corrected chi connectivity index (χ3v) is 11.9. The third-order valence-electron chi connectivity index (χ3n) is 11.9. The first-order valence-electron chi connectivity index (χ1n) is 15.2. The number of aliphatic hydroxyl groups is 1. The Hall–Kier alpha value is -2.15. The summed E-state index contributed by atoms with van der Waals surface area (Å²) in [5, 5.41) is 22.4. The lowest BCUT2D eigenvalue weighted by molar-refractivity contribution is -0.236. The molecule has 4 fully saturated rings. The van der Waals surface area contributed by atoms with Gasteiger partial charge in [0.1, 0.15) is 12.2 Å². The number of carbonyl (C=O) groups is 3. The first kappa shape index (κ1) is 30.8. The lowest BCUT2D eigenvalue weighted by Crippen LogP contribution is -2.65. The highest BCUT2D eigenvalue weighted by Gasteiger charge is 2.71. The standard InChI is InChI=1S/C33H50O7/c1-18(2)10-9-11-22(30(37)38)28-24-16-25(36)29-31(6)14-13-26(39-20(4)34)19(3)23(31)12-15-32(29,7)33(24,8)17-27(28)40-21(5)35/h10,19,23-27,29,36H,9,11-17H2,1-8H3,(H,37,38)/b28-22-/t19-,23?,24?,25+,26+,27?,29?,31?,32-,33?/m0/s1. The van der Waals surface area contributed by atoms with Crippen LogP contribution in [0.1, 0.15) is 107 Å². The second-order valence-electron chi connectivity index (χ2n) is 14.2. The summed E-state index contributed by atoms with van der Waals surface area (Å²) in [5.74, 6) is -1.26. The van der Waals surface area contributed by atoms with Crippen molar-refractivity contribution >= 4 is 17.9 Å². The van der Waals surface area contributed by atoms with Crippen LogP contribution in [0.25, 0.3) is 0 Å². The average molecular weight is 559 g/mol. The van der Waals surface area contributed by atoms with Crippen molar-refractivity contribution in [3.05, 3.63) is 22.8 Å². The van der Waals surface area contributed by atoms with Crippen molar-refractivity contribution in [2.45, 2.75) is 125 Å². The van der Waals surface area contributed by atoms with Gasteiger partial charge in [-0.3, -0.25) is 9.59 Å². The Bertz CT molecular complexity index is 1100. The number of carboxylic acid groups (broad SMARTS) is 1. The lowest BCUT2D eigenvalue weighted by Gasteiger charge is -2.69. The van der Waals surface area contributed by atoms with Crippen LogP contribution >= 0.6 is 0 Å². The van der Waals surface area contributed by atoms with Crippen molar-refractivity contribution in [1.29, 1.82) is 0 Å². The Balaban J connectivity index is 1.78. The number of ether oxygens (including phenoxy) is 2. The van der Waals surface area contributed by atoms with Crippen LogP contribution in [-0.4, -0.2) is 46.4 Å². The van der Waals surface area contributed by atoms with Gasteiger partial charge in [0.15, 0.2) is 0 Å². The van der Waals surface area contributed by atoms with Gasteiger partial charge in [0.2, 0.25) is 0 Å². The molecule has 0 aliphatic heterocycles. The van der Waals surface area contributed by atoms with E-state index in [1.54, 1.807) is 0 Å². The first-order chi connectivity index (χ1) is 18.6. The molecule has 4 aliphatic rings. The molecule has 0 saturated heterocycles. The largest absolute Gasteiger partial charge is 0.478 e. The van der Waals surface area contributed by atoms with Crippen molar-refractivity contribution in [3.63, 3.8) is 0 Å². The maximum absolute atomic E-state index is 12.7. The van der Waals surface area contributed by atoms with Crippen LogP contribution in [-0.2, 0) is 23.9 Å². The van der Waals surface area contributed by atoms with E-state index in [0.29, 0.717) is 42.7 Å². The molecule has 7 nitrogen and oxygen atoms in total. The van der Waals surface area contributed by atoms with E-state index in [-0.39, 0.29) is 46.1 Å². The number of hydrogen-bond acceptors (Lipinski definition) is 6. The Kier molecular flexibility index (Phi) is 8.41. The van der Waals surface area contributed by atoms with E-state index in [2.05, 4.69) is 27.7 Å². The summed E-state index contributed by atoms with van der Waals surface area (Å²) in [6.45, 7) is 15.9. The van der Waals surface area contributed by atoms with Gasteiger partial charge >= 0.3 is 17.9 Å². The van der Waals surface area contributed by atoms with E-state index in [1.807, 2.05) is 19.9 Å². The number of aliphatic carboxylic acids is 1. The van der Waals surface area contributed by atoms with Gasteiger partial charge in [-0.15, -0.1) is 0 Å². The highest BCUT2D eigenvalue weighted by molar-refractivity contribution is 5.88. The SMILES string of the molecule is CC(=O)OC1CC2(C)C(C[C@@H](O)C3C4(C)CC[C@@H](OC(C)=O)[C@@H](C)C4CC[C@@]32C)/C1=C(\CCC=C(C)C)C(=O)O. The molecule has 0 bridgehead atoms. The summed E-state index contributed by atoms with van der Waals surface area (Å²) in [5.41, 5.74) is 1.42. The minimum atomic E-state index is -0.964. The maximum atomic E-state index is 12.7. The summed E-state index contributed by atoms with van der Waals surface area (Å²) in [7, 11) is 0. The molecule has 4 saturated carbocycles. The molecule has 7 heteroatoms. The van der Waals surface area contributed by atoms with Crippen LogP contribution in [0.3, 0.4) is 0 Å². The number of fused-ring (bicyclic) bond motifs is 5. The summed E-state index contributed by atoms with van der Waals surface area (Å²) >= 11 is 0. The molecule has 10 atom stereocenters. The third kappa shape index (κ3) is 4.94. The van der Waals surface area contributed by atoms with Gasteiger partial charge in [0, 0.05) is 19.4 Å². The molecule has 0 heterocycles. The molecule has 2 N–H and O–H groups in total. The van der Waals surface area contributed by atoms with E-state index >= 15 is 0 Å². The number of hydrogen-bond donors (Lipinski definition) is 2. The van der Waals surface area contributed by atoms with Gasteiger partial charge in [-0.05, 0) is 111 Å². The highest BCUT2D eigenvalue weighted by Crippen LogP contribution is 2.74. The minimum absolute atomic E-state index is 0.0111. The van der Waals surface area contributed by atoms with Gasteiger partial charge in [0.05, 0.1) is 6.10 Å². The summed E-state index contributed by atoms with van der Waals surface area (Å²) in [6, 6.07) is 0. The quantitative estimate of drug-likeness (QED) is 0.226. The number of carboxylic acids is 1. The van der Waals surface area contributed by atoms with E-state index in [4.69, 9.17) is 9.47 Å². The van der Waals surface area contributed by atoms with Gasteiger partial charge in [-0.25, -0.2) is 4.79 Å². The number of esters is 2. The summed E-state index contributed by atoms with van der Waals surface area (Å²) in [4.78, 5) is 36.7. The fourth-order valence-electron chi connectivity index (χ4n) is 10.2. The molecule has 0 aromatic heterocycles. The number of aliphatic hydroxyl groups excluding tert-OH is 1. The average Bonchev–Trinajstić information content (AvgIpc) is 3.09. The molecule has 6 unspecified atom stereocenters. The molecule has 4 aliphatic carbocycles. The Morgan fingerprint density at radius 2 is 1.62 bits per heavy atom. The molecular weight excluding hydrogens is 508 g/mol. The van der Waals surface area contributed by atoms with Crippen LogP contribution in [0.4, 0.5) is 0 Å². The number of rotatable bonds is 6. The fourth-order valence-corrected chi connectivity index (χ4v) is 10.2. The van der Waals surface area contributed by atoms with Crippen LogP contribution in [0, 0.1) is 39.9 Å². The lowest BCUT2D eigenvalue weighted by atomic mass is 9.36. The zero-order chi connectivity index (χ0) is 29.8. The molecule has 0 aromatic rings. The molecule has 224 valence electrons. The van der Waals surface area contributed by atoms with Crippen molar-refractivity contribution in [2.75, 3.05) is 0 Å². The monoisotopic (exact) mass is 558 g/mol. The minimum Gasteiger partial charge on any atom is -0.478 e. The predicted molar refractivity (Wildman–Crippen MR) is 152 cm³/mol. The maximum Gasteiger partial charge on any atom is 0.331 e. The fraction of sp³-hybridized carbons (Fsp3) is 0.788. The zero-order valence-electron chi connectivity index (χ0n) is 25.7. The smallest absolute Gasteiger partial charge is 0.331 e. The second kappa shape index (κ2) is 10.9. The topological polar surface area (TPSA) is 110 Å². The zero-order valence-corrected chi connectivity index (χ0v) is 25.7. The van der Waals surface area contributed by atoms with Crippen LogP contribution in [0.5, 0.6) is 0 Å². The molecule has 4 rings (SSSR count). The molecule has 40 heavy (non-hydrogen) atoms. The van der Waals surface area contributed by atoms with Gasteiger partial charge < -0.3 is 19.7 Å². The molecule has 0 aromatic carbocycles. The van der Waals surface area contributed by atoms with Crippen molar-refractivity contribution < 1.29 is 34.1 Å². The van der Waals surface area contributed by atoms with Crippen molar-refractivity contribution in [3.8, 4) is 0 Å². The van der Waals surface area contributed by atoms with Crippen LogP contribution in [0.2, 0.25) is 0 Å². The van der Waals surface area contributed by atoms with Crippen molar-refractivity contribution in [1.82, 2.24) is 0 Å². The molecule has 0 radical (unpaired) electrons. The normalized spacial score (nSPS) is 43.5. The Labute approximate surface area is 239 Å². The van der Waals surface area contributed by atoms with Gasteiger partial charge in [-0.1, -0.05) is 39.3 Å². The highest BCUT2D eigenvalue weighted by atomic mass is 16.5.